The number of alkyl halides is 3. The Morgan fingerprint density at radius 1 is 1.04 bits per heavy atom. The zero-order valence-electron chi connectivity index (χ0n) is 13.0. The van der Waals surface area contributed by atoms with Crippen LogP contribution in [0.5, 0.6) is 0 Å². The SMILES string of the molecule is N#CC(=C=Cc1ccc(N2CCCCCC2)cc1C(F)(F)F)C#N. The number of halogens is 3. The third-order valence-electron chi connectivity index (χ3n) is 3.91. The summed E-state index contributed by atoms with van der Waals surface area (Å²) in [7, 11) is 0. The van der Waals surface area contributed by atoms with Gasteiger partial charge in [0.05, 0.1) is 5.56 Å². The second kappa shape index (κ2) is 7.73. The normalized spacial score (nSPS) is 14.8. The molecule has 0 saturated carbocycles. The number of hydrogen-bond acceptors (Lipinski definition) is 3. The van der Waals surface area contributed by atoms with E-state index in [2.05, 4.69) is 5.73 Å². The van der Waals surface area contributed by atoms with E-state index in [0.29, 0.717) is 5.69 Å². The second-order valence-corrected chi connectivity index (χ2v) is 5.56. The van der Waals surface area contributed by atoms with Gasteiger partial charge in [-0.25, -0.2) is 0 Å². The average Bonchev–Trinajstić information content (AvgIpc) is 2.84. The zero-order valence-corrected chi connectivity index (χ0v) is 13.0. The van der Waals surface area contributed by atoms with Crippen molar-refractivity contribution < 1.29 is 13.2 Å². The minimum atomic E-state index is -4.52. The van der Waals surface area contributed by atoms with Crippen LogP contribution in [0.1, 0.15) is 36.8 Å². The molecule has 0 aliphatic carbocycles. The van der Waals surface area contributed by atoms with Gasteiger partial charge >= 0.3 is 6.18 Å². The topological polar surface area (TPSA) is 50.8 Å². The third-order valence-corrected chi connectivity index (χ3v) is 3.91. The largest absolute Gasteiger partial charge is 0.417 e. The van der Waals surface area contributed by atoms with Gasteiger partial charge < -0.3 is 4.90 Å². The number of nitriles is 2. The number of benzene rings is 1. The maximum absolute atomic E-state index is 13.4. The number of rotatable bonds is 2. The van der Waals surface area contributed by atoms with Crippen molar-refractivity contribution >= 4 is 11.8 Å². The zero-order chi connectivity index (χ0) is 17.6. The van der Waals surface area contributed by atoms with Crippen molar-refractivity contribution in [2.75, 3.05) is 18.0 Å². The summed E-state index contributed by atoms with van der Waals surface area (Å²) < 4.78 is 40.1. The van der Waals surface area contributed by atoms with Crippen LogP contribution in [-0.2, 0) is 6.18 Å². The van der Waals surface area contributed by atoms with E-state index in [1.807, 2.05) is 4.90 Å². The molecule has 0 radical (unpaired) electrons. The summed E-state index contributed by atoms with van der Waals surface area (Å²) in [4.78, 5) is 1.97. The molecule has 0 N–H and O–H groups in total. The van der Waals surface area contributed by atoms with E-state index in [4.69, 9.17) is 10.5 Å². The molecular formula is C18H16F3N3. The van der Waals surface area contributed by atoms with E-state index in [1.165, 1.54) is 6.07 Å². The minimum Gasteiger partial charge on any atom is -0.372 e. The van der Waals surface area contributed by atoms with Crippen molar-refractivity contribution in [1.82, 2.24) is 0 Å². The van der Waals surface area contributed by atoms with Crippen molar-refractivity contribution in [3.8, 4) is 12.1 Å². The average molecular weight is 331 g/mol. The first-order valence-electron chi connectivity index (χ1n) is 7.69. The van der Waals surface area contributed by atoms with Gasteiger partial charge in [-0.05, 0) is 36.6 Å². The van der Waals surface area contributed by atoms with Crippen molar-refractivity contribution in [2.45, 2.75) is 31.9 Å². The lowest BCUT2D eigenvalue weighted by atomic mass is 10.0. The Balaban J connectivity index is 2.45. The Bertz CT molecular complexity index is 720. The molecular weight excluding hydrogens is 315 g/mol. The molecule has 24 heavy (non-hydrogen) atoms. The van der Waals surface area contributed by atoms with Gasteiger partial charge in [-0.1, -0.05) is 24.6 Å². The van der Waals surface area contributed by atoms with E-state index >= 15 is 0 Å². The summed E-state index contributed by atoms with van der Waals surface area (Å²) >= 11 is 0. The Labute approximate surface area is 138 Å². The van der Waals surface area contributed by atoms with Crippen molar-refractivity contribution in [1.29, 1.82) is 10.5 Å². The lowest BCUT2D eigenvalue weighted by Gasteiger charge is -2.24. The summed E-state index contributed by atoms with van der Waals surface area (Å²) in [5, 5.41) is 17.3. The highest BCUT2D eigenvalue weighted by Crippen LogP contribution is 2.35. The molecule has 0 atom stereocenters. The van der Waals surface area contributed by atoms with Gasteiger partial charge in [0.25, 0.3) is 0 Å². The van der Waals surface area contributed by atoms with Gasteiger partial charge in [0, 0.05) is 18.8 Å². The molecule has 0 amide bonds. The quantitative estimate of drug-likeness (QED) is 0.584. The number of hydrogen-bond donors (Lipinski definition) is 0. The van der Waals surface area contributed by atoms with E-state index in [1.54, 1.807) is 18.2 Å². The van der Waals surface area contributed by atoms with Crippen LogP contribution in [0.4, 0.5) is 18.9 Å². The Hall–Kier alpha value is -2.69. The summed E-state index contributed by atoms with van der Waals surface area (Å²) in [6, 6.07) is 7.29. The molecule has 1 aliphatic rings. The van der Waals surface area contributed by atoms with E-state index in [0.717, 1.165) is 50.9 Å². The van der Waals surface area contributed by atoms with Crippen LogP contribution in [0.15, 0.2) is 29.5 Å². The fourth-order valence-electron chi connectivity index (χ4n) is 2.68. The van der Waals surface area contributed by atoms with Crippen LogP contribution >= 0.6 is 0 Å². The summed E-state index contributed by atoms with van der Waals surface area (Å²) in [6.45, 7) is 1.50. The minimum absolute atomic E-state index is 0.107. The molecule has 6 heteroatoms. The maximum Gasteiger partial charge on any atom is 0.417 e. The maximum atomic E-state index is 13.4. The second-order valence-electron chi connectivity index (χ2n) is 5.56. The molecule has 1 heterocycles. The van der Waals surface area contributed by atoms with Crippen LogP contribution < -0.4 is 4.90 Å². The standard InChI is InChI=1S/C18H16F3N3/c19-18(20,21)17-11-16(24-9-3-1-2-4-10-24)8-7-15(17)6-5-14(12-22)13-23/h6-8,11H,1-4,9-10H2. The van der Waals surface area contributed by atoms with Crippen molar-refractivity contribution in [3.05, 3.63) is 40.6 Å². The molecule has 0 bridgehead atoms. The monoisotopic (exact) mass is 331 g/mol. The predicted molar refractivity (Wildman–Crippen MR) is 84.8 cm³/mol. The first-order valence-corrected chi connectivity index (χ1v) is 7.69. The summed E-state index contributed by atoms with van der Waals surface area (Å²) in [5.74, 6) is 0. The number of nitrogens with zero attached hydrogens (tertiary/aromatic N) is 3. The first kappa shape index (κ1) is 17.7. The van der Waals surface area contributed by atoms with Crippen LogP contribution in [0.25, 0.3) is 6.08 Å². The smallest absolute Gasteiger partial charge is 0.372 e. The van der Waals surface area contributed by atoms with E-state index < -0.39 is 11.7 Å². The van der Waals surface area contributed by atoms with Crippen LogP contribution in [0.2, 0.25) is 0 Å². The highest BCUT2D eigenvalue weighted by molar-refractivity contribution is 5.62. The molecule has 3 nitrogen and oxygen atoms in total. The fourth-order valence-corrected chi connectivity index (χ4v) is 2.68. The lowest BCUT2D eigenvalue weighted by molar-refractivity contribution is -0.137. The number of anilines is 1. The Morgan fingerprint density at radius 2 is 1.67 bits per heavy atom. The predicted octanol–water partition coefficient (Wildman–Crippen LogP) is 4.67. The van der Waals surface area contributed by atoms with E-state index in [9.17, 15) is 13.2 Å². The molecule has 1 aromatic carbocycles. The molecule has 1 aliphatic heterocycles. The van der Waals surface area contributed by atoms with Gasteiger partial charge in [0.15, 0.2) is 5.57 Å². The van der Waals surface area contributed by atoms with Crippen molar-refractivity contribution in [3.63, 3.8) is 0 Å². The molecule has 124 valence electrons. The molecule has 0 spiro atoms. The molecule has 0 unspecified atom stereocenters. The molecule has 0 aromatic heterocycles. The molecule has 1 fully saturated rings. The molecule has 1 saturated heterocycles. The first-order chi connectivity index (χ1) is 11.5. The Kier molecular flexibility index (Phi) is 5.68. The van der Waals surface area contributed by atoms with Gasteiger partial charge in [-0.15, -0.1) is 0 Å². The van der Waals surface area contributed by atoms with Crippen LogP contribution in [0.3, 0.4) is 0 Å². The highest BCUT2D eigenvalue weighted by atomic mass is 19.4. The van der Waals surface area contributed by atoms with Gasteiger partial charge in [-0.2, -0.15) is 23.7 Å². The Morgan fingerprint density at radius 3 is 2.21 bits per heavy atom. The van der Waals surface area contributed by atoms with Gasteiger partial charge in [-0.3, -0.25) is 0 Å². The summed E-state index contributed by atoms with van der Waals surface area (Å²) in [6.07, 6.45) is 0.656. The van der Waals surface area contributed by atoms with Gasteiger partial charge in [0.2, 0.25) is 0 Å². The third kappa shape index (κ3) is 4.41. The van der Waals surface area contributed by atoms with Crippen molar-refractivity contribution in [2.24, 2.45) is 0 Å². The van der Waals surface area contributed by atoms with Crippen LogP contribution in [-0.4, -0.2) is 13.1 Å². The fraction of sp³-hybridized carbons (Fsp3) is 0.389. The highest BCUT2D eigenvalue weighted by Gasteiger charge is 2.33. The van der Waals surface area contributed by atoms with E-state index in [-0.39, 0.29) is 11.1 Å². The molecule has 2 rings (SSSR count). The lowest BCUT2D eigenvalue weighted by Crippen LogP contribution is -2.24. The van der Waals surface area contributed by atoms with Crippen LogP contribution in [0, 0.1) is 22.7 Å². The number of allylic oxidation sites excluding steroid dienone is 1. The summed E-state index contributed by atoms with van der Waals surface area (Å²) in [5.41, 5.74) is 1.61. The van der Waals surface area contributed by atoms with Gasteiger partial charge in [0.1, 0.15) is 12.1 Å². The molecule has 1 aromatic rings.